The van der Waals surface area contributed by atoms with Gasteiger partial charge in [0.1, 0.15) is 5.15 Å². The molecular formula is C22H19ClN2O3. The van der Waals surface area contributed by atoms with Gasteiger partial charge in [0.05, 0.1) is 18.5 Å². The number of aromatic hydroxyl groups is 1. The Bertz CT molecular complexity index is 1050. The number of ether oxygens (including phenoxy) is 1. The van der Waals surface area contributed by atoms with Gasteiger partial charge in [0.2, 0.25) is 0 Å². The van der Waals surface area contributed by atoms with Crippen LogP contribution in [0.15, 0.2) is 60.7 Å². The number of halogens is 1. The molecule has 0 atom stereocenters. The number of para-hydroxylation sites is 1. The molecule has 0 amide bonds. The Balaban J connectivity index is 1.77. The van der Waals surface area contributed by atoms with Crippen molar-refractivity contribution in [3.8, 4) is 17.2 Å². The molecule has 0 aliphatic rings. The molecule has 1 heterocycles. The summed E-state index contributed by atoms with van der Waals surface area (Å²) in [6, 6.07) is 14.4. The van der Waals surface area contributed by atoms with Gasteiger partial charge in [0.15, 0.2) is 17.3 Å². The molecule has 28 heavy (non-hydrogen) atoms. The summed E-state index contributed by atoms with van der Waals surface area (Å²) < 4.78 is 6.69. The number of ketones is 1. The summed E-state index contributed by atoms with van der Waals surface area (Å²) in [5, 5.41) is 14.5. The highest BCUT2D eigenvalue weighted by Gasteiger charge is 2.12. The number of hydrogen-bond donors (Lipinski definition) is 1. The van der Waals surface area contributed by atoms with Crippen molar-refractivity contribution in [1.29, 1.82) is 0 Å². The van der Waals surface area contributed by atoms with Crippen molar-refractivity contribution in [2.75, 3.05) is 7.11 Å². The number of aromatic nitrogens is 2. The zero-order chi connectivity index (χ0) is 20.1. The molecule has 0 aliphatic heterocycles. The van der Waals surface area contributed by atoms with Crippen LogP contribution >= 0.6 is 11.6 Å². The molecule has 2 aromatic carbocycles. The van der Waals surface area contributed by atoms with Crippen molar-refractivity contribution in [1.82, 2.24) is 9.78 Å². The predicted octanol–water partition coefficient (Wildman–Crippen LogP) is 4.84. The van der Waals surface area contributed by atoms with Gasteiger partial charge in [-0.15, -0.1) is 0 Å². The number of hydrogen-bond acceptors (Lipinski definition) is 4. The minimum absolute atomic E-state index is 0.0476. The molecule has 3 rings (SSSR count). The Morgan fingerprint density at radius 2 is 1.86 bits per heavy atom. The number of allylic oxidation sites excluding steroid dienone is 2. The minimum Gasteiger partial charge on any atom is -0.504 e. The molecule has 142 valence electrons. The second-order valence-electron chi connectivity index (χ2n) is 6.04. The number of methoxy groups -OCH3 is 1. The molecule has 1 N–H and O–H groups in total. The lowest BCUT2D eigenvalue weighted by molar-refractivity contribution is -0.110. The van der Waals surface area contributed by atoms with Gasteiger partial charge in [0.25, 0.3) is 0 Å². The van der Waals surface area contributed by atoms with Crippen molar-refractivity contribution in [3.05, 3.63) is 82.7 Å². The Kier molecular flexibility index (Phi) is 5.96. The Hall–Kier alpha value is -3.31. The lowest BCUT2D eigenvalue weighted by atomic mass is 10.1. The molecule has 3 aromatic rings. The number of phenols is 1. The first kappa shape index (κ1) is 19.5. The van der Waals surface area contributed by atoms with Crippen LogP contribution in [0.2, 0.25) is 5.15 Å². The van der Waals surface area contributed by atoms with Gasteiger partial charge in [-0.25, -0.2) is 4.68 Å². The highest BCUT2D eigenvalue weighted by molar-refractivity contribution is 6.31. The van der Waals surface area contributed by atoms with Gasteiger partial charge in [-0.2, -0.15) is 5.10 Å². The monoisotopic (exact) mass is 394 g/mol. The summed E-state index contributed by atoms with van der Waals surface area (Å²) in [4.78, 5) is 12.2. The van der Waals surface area contributed by atoms with E-state index in [1.54, 1.807) is 29.0 Å². The van der Waals surface area contributed by atoms with E-state index in [2.05, 4.69) is 5.10 Å². The van der Waals surface area contributed by atoms with E-state index < -0.39 is 0 Å². The van der Waals surface area contributed by atoms with Gasteiger partial charge >= 0.3 is 0 Å². The summed E-state index contributed by atoms with van der Waals surface area (Å²) in [5.74, 6) is 0.197. The lowest BCUT2D eigenvalue weighted by Crippen LogP contribution is -1.95. The van der Waals surface area contributed by atoms with Crippen LogP contribution in [-0.2, 0) is 4.79 Å². The van der Waals surface area contributed by atoms with E-state index in [-0.39, 0.29) is 11.5 Å². The van der Waals surface area contributed by atoms with Crippen molar-refractivity contribution in [3.63, 3.8) is 0 Å². The van der Waals surface area contributed by atoms with Crippen molar-refractivity contribution >= 4 is 29.5 Å². The second-order valence-corrected chi connectivity index (χ2v) is 6.40. The van der Waals surface area contributed by atoms with Gasteiger partial charge < -0.3 is 9.84 Å². The number of rotatable bonds is 6. The van der Waals surface area contributed by atoms with E-state index in [4.69, 9.17) is 16.3 Å². The first-order chi connectivity index (χ1) is 13.5. The zero-order valence-electron chi connectivity index (χ0n) is 15.5. The molecule has 5 nitrogen and oxygen atoms in total. The van der Waals surface area contributed by atoms with E-state index in [9.17, 15) is 9.90 Å². The molecular weight excluding hydrogens is 376 g/mol. The van der Waals surface area contributed by atoms with Crippen LogP contribution in [0, 0.1) is 6.92 Å². The standard InChI is InChI=1S/C22H19ClN2O3/c1-15-19(22(23)25(24-15)17-6-4-3-5-7-17)12-11-18(26)10-8-16-9-13-20(27)21(14-16)28-2/h3-14,27H,1-2H3/b10-8+,12-11+. The number of carbonyl (C=O) groups is 1. The fourth-order valence-electron chi connectivity index (χ4n) is 2.64. The SMILES string of the molecule is COc1cc(/C=C/C(=O)/C=C/c2c(C)nn(-c3ccccc3)c2Cl)ccc1O. The molecule has 6 heteroatoms. The van der Waals surface area contributed by atoms with Crippen LogP contribution in [0.5, 0.6) is 11.5 Å². The highest BCUT2D eigenvalue weighted by atomic mass is 35.5. The zero-order valence-corrected chi connectivity index (χ0v) is 16.2. The predicted molar refractivity (Wildman–Crippen MR) is 111 cm³/mol. The van der Waals surface area contributed by atoms with Crippen molar-refractivity contribution < 1.29 is 14.6 Å². The van der Waals surface area contributed by atoms with Gasteiger partial charge in [0, 0.05) is 5.56 Å². The number of carbonyl (C=O) groups excluding carboxylic acids is 1. The van der Waals surface area contributed by atoms with Crippen molar-refractivity contribution in [2.45, 2.75) is 6.92 Å². The average molecular weight is 395 g/mol. The fraction of sp³-hybridized carbons (Fsp3) is 0.0909. The van der Waals surface area contributed by atoms with Crippen LogP contribution in [0.3, 0.4) is 0 Å². The molecule has 0 radical (unpaired) electrons. The molecule has 0 fully saturated rings. The summed E-state index contributed by atoms with van der Waals surface area (Å²) in [6.45, 7) is 1.84. The lowest BCUT2D eigenvalue weighted by Gasteiger charge is -2.03. The van der Waals surface area contributed by atoms with Crippen LogP contribution in [0.4, 0.5) is 0 Å². The molecule has 0 saturated carbocycles. The Labute approximate surface area is 168 Å². The van der Waals surface area contributed by atoms with Gasteiger partial charge in [-0.1, -0.05) is 41.9 Å². The number of phenolic OH excluding ortho intramolecular Hbond substituents is 1. The minimum atomic E-state index is -0.199. The van der Waals surface area contributed by atoms with Gasteiger partial charge in [-0.05, 0) is 55.0 Å². The number of benzene rings is 2. The average Bonchev–Trinajstić information content (AvgIpc) is 3.00. The third-order valence-electron chi connectivity index (χ3n) is 4.11. The number of aryl methyl sites for hydroxylation is 1. The smallest absolute Gasteiger partial charge is 0.178 e. The summed E-state index contributed by atoms with van der Waals surface area (Å²) in [6.07, 6.45) is 6.19. The van der Waals surface area contributed by atoms with Crippen LogP contribution < -0.4 is 4.74 Å². The first-order valence-corrected chi connectivity index (χ1v) is 8.95. The maximum atomic E-state index is 12.2. The van der Waals surface area contributed by atoms with E-state index >= 15 is 0 Å². The van der Waals surface area contributed by atoms with E-state index in [1.165, 1.54) is 25.3 Å². The van der Waals surface area contributed by atoms with Crippen molar-refractivity contribution in [2.24, 2.45) is 0 Å². The van der Waals surface area contributed by atoms with Crippen LogP contribution in [0.1, 0.15) is 16.8 Å². The first-order valence-electron chi connectivity index (χ1n) is 8.57. The van der Waals surface area contributed by atoms with E-state index in [0.29, 0.717) is 16.5 Å². The normalized spacial score (nSPS) is 11.4. The molecule has 0 saturated heterocycles. The summed E-state index contributed by atoms with van der Waals surface area (Å²) in [5.41, 5.74) is 3.01. The summed E-state index contributed by atoms with van der Waals surface area (Å²) in [7, 11) is 1.47. The molecule has 0 bridgehead atoms. The quantitative estimate of drug-likeness (QED) is 0.607. The maximum Gasteiger partial charge on any atom is 0.178 e. The van der Waals surface area contributed by atoms with E-state index in [1.807, 2.05) is 37.3 Å². The molecule has 1 aromatic heterocycles. The maximum absolute atomic E-state index is 12.2. The molecule has 0 spiro atoms. The summed E-state index contributed by atoms with van der Waals surface area (Å²) >= 11 is 6.45. The Morgan fingerprint density at radius 3 is 2.57 bits per heavy atom. The van der Waals surface area contributed by atoms with Crippen LogP contribution in [-0.4, -0.2) is 27.8 Å². The largest absolute Gasteiger partial charge is 0.504 e. The van der Waals surface area contributed by atoms with Crippen LogP contribution in [0.25, 0.3) is 17.8 Å². The fourth-order valence-corrected chi connectivity index (χ4v) is 2.97. The molecule has 0 unspecified atom stereocenters. The third-order valence-corrected chi connectivity index (χ3v) is 4.47. The van der Waals surface area contributed by atoms with E-state index in [0.717, 1.165) is 16.9 Å². The topological polar surface area (TPSA) is 64.3 Å². The number of nitrogens with zero attached hydrogens (tertiary/aromatic N) is 2. The highest BCUT2D eigenvalue weighted by Crippen LogP contribution is 2.27. The molecule has 0 aliphatic carbocycles. The third kappa shape index (κ3) is 4.32. The van der Waals surface area contributed by atoms with Gasteiger partial charge in [-0.3, -0.25) is 4.79 Å². The second kappa shape index (κ2) is 8.59. The Morgan fingerprint density at radius 1 is 1.14 bits per heavy atom.